The van der Waals surface area contributed by atoms with Crippen LogP contribution < -0.4 is 4.74 Å². The number of nitrogens with zero attached hydrogens (tertiary/aromatic N) is 1. The Morgan fingerprint density at radius 1 is 1.45 bits per heavy atom. The molecule has 0 radical (unpaired) electrons. The van der Waals surface area contributed by atoms with E-state index in [-0.39, 0.29) is 18.9 Å². The molecule has 1 aliphatic rings. The first-order valence-electron chi connectivity index (χ1n) is 6.63. The lowest BCUT2D eigenvalue weighted by Gasteiger charge is -2.35. The predicted molar refractivity (Wildman–Crippen MR) is 71.0 cm³/mol. The third kappa shape index (κ3) is 3.62. The summed E-state index contributed by atoms with van der Waals surface area (Å²) in [6, 6.07) is 4.15. The maximum Gasteiger partial charge on any atom is 0.422 e. The Morgan fingerprint density at radius 3 is 2.77 bits per heavy atom. The van der Waals surface area contributed by atoms with Crippen LogP contribution in [-0.2, 0) is 11.2 Å². The van der Waals surface area contributed by atoms with Crippen LogP contribution in [0.25, 0.3) is 0 Å². The smallest absolute Gasteiger partial charge is 0.422 e. The average molecular weight is 319 g/mol. The molecule has 0 spiro atoms. The molecule has 0 aromatic heterocycles. The SMILES string of the molecule is COCC1c2cccc(OCC(F)(F)F)c2CCN1C(=O)O. The van der Waals surface area contributed by atoms with Crippen LogP contribution in [-0.4, -0.2) is 49.1 Å². The summed E-state index contributed by atoms with van der Waals surface area (Å²) in [5.41, 5.74) is 1.22. The Morgan fingerprint density at radius 2 is 2.18 bits per heavy atom. The molecule has 1 amide bonds. The van der Waals surface area contributed by atoms with Crippen molar-refractivity contribution in [2.45, 2.75) is 18.6 Å². The highest BCUT2D eigenvalue weighted by molar-refractivity contribution is 5.67. The quantitative estimate of drug-likeness (QED) is 0.927. The van der Waals surface area contributed by atoms with Crippen LogP contribution in [0.4, 0.5) is 18.0 Å². The number of rotatable bonds is 4. The van der Waals surface area contributed by atoms with Gasteiger partial charge in [0.25, 0.3) is 0 Å². The zero-order chi connectivity index (χ0) is 16.3. The van der Waals surface area contributed by atoms with E-state index in [9.17, 15) is 23.1 Å². The van der Waals surface area contributed by atoms with Crippen molar-refractivity contribution in [3.05, 3.63) is 29.3 Å². The number of methoxy groups -OCH3 is 1. The third-order valence-corrected chi connectivity index (χ3v) is 3.47. The van der Waals surface area contributed by atoms with Gasteiger partial charge in [0.05, 0.1) is 12.6 Å². The third-order valence-electron chi connectivity index (χ3n) is 3.47. The molecule has 1 atom stereocenters. The van der Waals surface area contributed by atoms with Crippen LogP contribution in [0.15, 0.2) is 18.2 Å². The summed E-state index contributed by atoms with van der Waals surface area (Å²) in [6.07, 6.45) is -5.21. The Hall–Kier alpha value is -1.96. The molecule has 5 nitrogen and oxygen atoms in total. The van der Waals surface area contributed by atoms with E-state index in [1.165, 1.54) is 18.1 Å². The van der Waals surface area contributed by atoms with Gasteiger partial charge in [-0.15, -0.1) is 0 Å². The lowest BCUT2D eigenvalue weighted by molar-refractivity contribution is -0.153. The van der Waals surface area contributed by atoms with Crippen LogP contribution in [0.5, 0.6) is 5.75 Å². The van der Waals surface area contributed by atoms with E-state index in [4.69, 9.17) is 9.47 Å². The van der Waals surface area contributed by atoms with Crippen molar-refractivity contribution in [3.8, 4) is 5.75 Å². The van der Waals surface area contributed by atoms with E-state index in [0.717, 1.165) is 0 Å². The molecule has 1 N–H and O–H groups in total. The molecular formula is C14H16F3NO4. The number of hydrogen-bond acceptors (Lipinski definition) is 3. The molecule has 22 heavy (non-hydrogen) atoms. The molecule has 0 bridgehead atoms. The number of halogens is 3. The Kier molecular flexibility index (Phi) is 4.80. The fourth-order valence-electron chi connectivity index (χ4n) is 2.58. The lowest BCUT2D eigenvalue weighted by Crippen LogP contribution is -2.41. The zero-order valence-electron chi connectivity index (χ0n) is 11.9. The molecule has 1 heterocycles. The highest BCUT2D eigenvalue weighted by Crippen LogP contribution is 2.35. The number of ether oxygens (including phenoxy) is 2. The summed E-state index contributed by atoms with van der Waals surface area (Å²) in [4.78, 5) is 12.5. The van der Waals surface area contributed by atoms with Crippen LogP contribution in [0.2, 0.25) is 0 Å². The summed E-state index contributed by atoms with van der Waals surface area (Å²) in [5.74, 6) is 0.140. The largest absolute Gasteiger partial charge is 0.484 e. The molecule has 0 fully saturated rings. The molecule has 1 aromatic carbocycles. The predicted octanol–water partition coefficient (Wildman–Crippen LogP) is 2.85. The van der Waals surface area contributed by atoms with Gasteiger partial charge >= 0.3 is 12.3 Å². The first-order chi connectivity index (χ1) is 10.3. The topological polar surface area (TPSA) is 59.0 Å². The van der Waals surface area contributed by atoms with Crippen LogP contribution in [0, 0.1) is 0 Å². The van der Waals surface area contributed by atoms with Gasteiger partial charge in [-0.05, 0) is 18.1 Å². The molecule has 8 heteroatoms. The van der Waals surface area contributed by atoms with Gasteiger partial charge in [0, 0.05) is 19.2 Å². The Balaban J connectivity index is 2.31. The number of alkyl halides is 3. The van der Waals surface area contributed by atoms with Crippen LogP contribution in [0.3, 0.4) is 0 Å². The fraction of sp³-hybridized carbons (Fsp3) is 0.500. The van der Waals surface area contributed by atoms with Crippen molar-refractivity contribution in [2.75, 3.05) is 26.9 Å². The second kappa shape index (κ2) is 6.43. The average Bonchev–Trinajstić information content (AvgIpc) is 2.44. The second-order valence-electron chi connectivity index (χ2n) is 4.92. The minimum atomic E-state index is -4.42. The van der Waals surface area contributed by atoms with Gasteiger partial charge in [-0.3, -0.25) is 4.90 Å². The normalized spacial score (nSPS) is 18.0. The molecule has 2 rings (SSSR count). The van der Waals surface area contributed by atoms with Crippen molar-refractivity contribution in [1.82, 2.24) is 4.90 Å². The van der Waals surface area contributed by atoms with Gasteiger partial charge in [0.15, 0.2) is 6.61 Å². The molecule has 1 aliphatic heterocycles. The highest BCUT2D eigenvalue weighted by Gasteiger charge is 2.33. The molecule has 0 saturated carbocycles. The zero-order valence-corrected chi connectivity index (χ0v) is 11.9. The van der Waals surface area contributed by atoms with E-state index >= 15 is 0 Å². The van der Waals surface area contributed by atoms with Gasteiger partial charge in [-0.25, -0.2) is 4.79 Å². The van der Waals surface area contributed by atoms with Crippen molar-refractivity contribution in [2.24, 2.45) is 0 Å². The van der Waals surface area contributed by atoms with E-state index < -0.39 is 24.9 Å². The molecule has 122 valence electrons. The standard InChI is InChI=1S/C14H16F3NO4/c1-21-7-11-9-3-2-4-12(22-8-14(15,16)17)10(9)5-6-18(11)13(19)20/h2-4,11H,5-8H2,1H3,(H,19,20). The van der Waals surface area contributed by atoms with Crippen LogP contribution >= 0.6 is 0 Å². The molecule has 0 saturated heterocycles. The van der Waals surface area contributed by atoms with Crippen molar-refractivity contribution in [3.63, 3.8) is 0 Å². The Labute approximate surface area is 125 Å². The van der Waals surface area contributed by atoms with Gasteiger partial charge in [0.2, 0.25) is 0 Å². The summed E-state index contributed by atoms with van der Waals surface area (Å²) in [6.45, 7) is -1.06. The Bertz CT molecular complexity index is 547. The maximum atomic E-state index is 12.3. The van der Waals surface area contributed by atoms with E-state index in [2.05, 4.69) is 0 Å². The lowest BCUT2D eigenvalue weighted by atomic mass is 9.92. The van der Waals surface area contributed by atoms with Crippen LogP contribution in [0.1, 0.15) is 17.2 Å². The highest BCUT2D eigenvalue weighted by atomic mass is 19.4. The van der Waals surface area contributed by atoms with E-state index in [1.54, 1.807) is 12.1 Å². The number of carboxylic acid groups (broad SMARTS) is 1. The number of amides is 1. The van der Waals surface area contributed by atoms with E-state index in [0.29, 0.717) is 17.5 Å². The van der Waals surface area contributed by atoms with E-state index in [1.807, 2.05) is 0 Å². The number of fused-ring (bicyclic) bond motifs is 1. The summed E-state index contributed by atoms with van der Waals surface area (Å²) in [5, 5.41) is 9.23. The maximum absolute atomic E-state index is 12.3. The summed E-state index contributed by atoms with van der Waals surface area (Å²) >= 11 is 0. The number of benzene rings is 1. The number of carbonyl (C=O) groups is 1. The fourth-order valence-corrected chi connectivity index (χ4v) is 2.58. The molecule has 1 aromatic rings. The minimum Gasteiger partial charge on any atom is -0.484 e. The minimum absolute atomic E-state index is 0.127. The van der Waals surface area contributed by atoms with Gasteiger partial charge in [0.1, 0.15) is 5.75 Å². The first kappa shape index (κ1) is 16.4. The van der Waals surface area contributed by atoms with Gasteiger partial charge in [-0.1, -0.05) is 12.1 Å². The first-order valence-corrected chi connectivity index (χ1v) is 6.63. The van der Waals surface area contributed by atoms with Gasteiger partial charge in [-0.2, -0.15) is 13.2 Å². The van der Waals surface area contributed by atoms with Gasteiger partial charge < -0.3 is 14.6 Å². The number of hydrogen-bond donors (Lipinski definition) is 1. The van der Waals surface area contributed by atoms with Crippen molar-refractivity contribution < 1.29 is 32.5 Å². The van der Waals surface area contributed by atoms with Crippen molar-refractivity contribution >= 4 is 6.09 Å². The molecular weight excluding hydrogens is 303 g/mol. The second-order valence-corrected chi connectivity index (χ2v) is 4.92. The molecule has 1 unspecified atom stereocenters. The summed E-state index contributed by atoms with van der Waals surface area (Å²) < 4.78 is 46.8. The van der Waals surface area contributed by atoms with Crippen molar-refractivity contribution in [1.29, 1.82) is 0 Å². The molecule has 0 aliphatic carbocycles. The summed E-state index contributed by atoms with van der Waals surface area (Å²) in [7, 11) is 1.44. The monoisotopic (exact) mass is 319 g/mol.